The maximum absolute atomic E-state index is 11.5. The summed E-state index contributed by atoms with van der Waals surface area (Å²) in [5.41, 5.74) is 8.10. The van der Waals surface area contributed by atoms with Crippen molar-refractivity contribution in [2.45, 2.75) is 6.92 Å². The summed E-state index contributed by atoms with van der Waals surface area (Å²) < 4.78 is 6.18. The van der Waals surface area contributed by atoms with Gasteiger partial charge in [-0.2, -0.15) is 0 Å². The van der Waals surface area contributed by atoms with E-state index in [1.807, 2.05) is 6.07 Å². The average molecular weight is 299 g/mol. The number of morpholine rings is 1. The van der Waals surface area contributed by atoms with Gasteiger partial charge in [0.2, 0.25) is 0 Å². The van der Waals surface area contributed by atoms with Crippen LogP contribution in [0.2, 0.25) is 0 Å². The fourth-order valence-electron chi connectivity index (χ4n) is 1.96. The van der Waals surface area contributed by atoms with Gasteiger partial charge in [0.25, 0.3) is 0 Å². The van der Waals surface area contributed by atoms with Crippen molar-refractivity contribution in [1.82, 2.24) is 0 Å². The lowest BCUT2D eigenvalue weighted by Gasteiger charge is -2.30. The molecule has 0 aromatic heterocycles. The molecule has 92 valence electrons. The number of anilines is 2. The SMILES string of the molecule is CC(=O)c1cc(Br)cc(N2CCOCC2)c1N. The second-order valence-electron chi connectivity index (χ2n) is 4.04. The van der Waals surface area contributed by atoms with Crippen molar-refractivity contribution in [1.29, 1.82) is 0 Å². The lowest BCUT2D eigenvalue weighted by atomic mass is 10.1. The molecule has 1 saturated heterocycles. The number of carbonyl (C=O) groups excluding carboxylic acids is 1. The van der Waals surface area contributed by atoms with E-state index in [1.165, 1.54) is 6.92 Å². The van der Waals surface area contributed by atoms with E-state index in [4.69, 9.17) is 10.5 Å². The molecule has 4 nitrogen and oxygen atoms in total. The van der Waals surface area contributed by atoms with Crippen molar-refractivity contribution in [3.05, 3.63) is 22.2 Å². The summed E-state index contributed by atoms with van der Waals surface area (Å²) in [6.45, 7) is 4.53. The van der Waals surface area contributed by atoms with Gasteiger partial charge in [-0.1, -0.05) is 15.9 Å². The van der Waals surface area contributed by atoms with Crippen LogP contribution < -0.4 is 10.6 Å². The topological polar surface area (TPSA) is 55.6 Å². The smallest absolute Gasteiger partial charge is 0.161 e. The molecule has 0 bridgehead atoms. The molecular weight excluding hydrogens is 284 g/mol. The Kier molecular flexibility index (Phi) is 3.69. The van der Waals surface area contributed by atoms with Crippen molar-refractivity contribution in [2.75, 3.05) is 36.9 Å². The van der Waals surface area contributed by atoms with E-state index < -0.39 is 0 Å². The highest BCUT2D eigenvalue weighted by molar-refractivity contribution is 9.10. The van der Waals surface area contributed by atoms with E-state index in [1.54, 1.807) is 6.07 Å². The molecular formula is C12H15BrN2O2. The van der Waals surface area contributed by atoms with Crippen molar-refractivity contribution < 1.29 is 9.53 Å². The van der Waals surface area contributed by atoms with Crippen LogP contribution in [0.4, 0.5) is 11.4 Å². The number of hydrogen-bond donors (Lipinski definition) is 1. The number of benzene rings is 1. The number of ether oxygens (including phenoxy) is 1. The Balaban J connectivity index is 2.41. The number of rotatable bonds is 2. The van der Waals surface area contributed by atoms with Gasteiger partial charge in [-0.3, -0.25) is 4.79 Å². The predicted octanol–water partition coefficient (Wildman–Crippen LogP) is 2.07. The minimum atomic E-state index is -0.0155. The van der Waals surface area contributed by atoms with Crippen LogP contribution >= 0.6 is 15.9 Å². The van der Waals surface area contributed by atoms with E-state index in [0.29, 0.717) is 24.5 Å². The van der Waals surface area contributed by atoms with Gasteiger partial charge in [0.15, 0.2) is 5.78 Å². The van der Waals surface area contributed by atoms with Crippen molar-refractivity contribution >= 4 is 33.1 Å². The van der Waals surface area contributed by atoms with Crippen LogP contribution in [0.25, 0.3) is 0 Å². The molecule has 1 aliphatic heterocycles. The van der Waals surface area contributed by atoms with Crippen LogP contribution in [0.15, 0.2) is 16.6 Å². The van der Waals surface area contributed by atoms with E-state index in [0.717, 1.165) is 23.2 Å². The summed E-state index contributed by atoms with van der Waals surface area (Å²) in [6, 6.07) is 3.72. The number of nitrogens with two attached hydrogens (primary N) is 1. The fraction of sp³-hybridized carbons (Fsp3) is 0.417. The van der Waals surface area contributed by atoms with E-state index in [-0.39, 0.29) is 5.78 Å². The Morgan fingerprint density at radius 1 is 1.41 bits per heavy atom. The summed E-state index contributed by atoms with van der Waals surface area (Å²) in [5.74, 6) is -0.0155. The Hall–Kier alpha value is -1.07. The van der Waals surface area contributed by atoms with Gasteiger partial charge >= 0.3 is 0 Å². The highest BCUT2D eigenvalue weighted by Gasteiger charge is 2.18. The molecule has 0 saturated carbocycles. The molecule has 1 fully saturated rings. The zero-order valence-electron chi connectivity index (χ0n) is 9.70. The first-order valence-corrected chi connectivity index (χ1v) is 6.31. The monoisotopic (exact) mass is 298 g/mol. The van der Waals surface area contributed by atoms with Crippen LogP contribution in [0.1, 0.15) is 17.3 Å². The van der Waals surface area contributed by atoms with Gasteiger partial charge in [0, 0.05) is 23.1 Å². The van der Waals surface area contributed by atoms with E-state index in [9.17, 15) is 4.79 Å². The van der Waals surface area contributed by atoms with Gasteiger partial charge in [-0.15, -0.1) is 0 Å². The summed E-state index contributed by atoms with van der Waals surface area (Å²) in [5, 5.41) is 0. The van der Waals surface area contributed by atoms with Crippen molar-refractivity contribution in [2.24, 2.45) is 0 Å². The molecule has 1 aromatic carbocycles. The Morgan fingerprint density at radius 3 is 2.65 bits per heavy atom. The number of nitrogen functional groups attached to an aromatic ring is 1. The van der Waals surface area contributed by atoms with Crippen LogP contribution in [0.3, 0.4) is 0 Å². The Labute approximate surface area is 109 Å². The summed E-state index contributed by atoms with van der Waals surface area (Å²) in [7, 11) is 0. The predicted molar refractivity (Wildman–Crippen MR) is 71.6 cm³/mol. The van der Waals surface area contributed by atoms with Gasteiger partial charge < -0.3 is 15.4 Å². The Morgan fingerprint density at radius 2 is 2.06 bits per heavy atom. The third-order valence-electron chi connectivity index (χ3n) is 2.85. The highest BCUT2D eigenvalue weighted by Crippen LogP contribution is 2.31. The van der Waals surface area contributed by atoms with Crippen LogP contribution in [0, 0.1) is 0 Å². The molecule has 0 spiro atoms. The van der Waals surface area contributed by atoms with E-state index >= 15 is 0 Å². The molecule has 1 aliphatic rings. The van der Waals surface area contributed by atoms with Gasteiger partial charge in [-0.05, 0) is 19.1 Å². The van der Waals surface area contributed by atoms with Gasteiger partial charge in [0.1, 0.15) is 0 Å². The highest BCUT2D eigenvalue weighted by atomic mass is 79.9. The summed E-state index contributed by atoms with van der Waals surface area (Å²) in [4.78, 5) is 13.7. The summed E-state index contributed by atoms with van der Waals surface area (Å²) >= 11 is 3.42. The molecule has 1 heterocycles. The molecule has 0 amide bonds. The molecule has 0 radical (unpaired) electrons. The minimum Gasteiger partial charge on any atom is -0.396 e. The van der Waals surface area contributed by atoms with Crippen LogP contribution in [-0.4, -0.2) is 32.1 Å². The number of ketones is 1. The van der Waals surface area contributed by atoms with E-state index in [2.05, 4.69) is 20.8 Å². The molecule has 1 aromatic rings. The second kappa shape index (κ2) is 5.06. The zero-order valence-corrected chi connectivity index (χ0v) is 11.3. The van der Waals surface area contributed by atoms with Crippen LogP contribution in [-0.2, 0) is 4.74 Å². The number of Topliss-reactive ketones (excluding diaryl/α,β-unsaturated/α-hetero) is 1. The molecule has 0 unspecified atom stereocenters. The third kappa shape index (κ3) is 2.61. The molecule has 2 N–H and O–H groups in total. The minimum absolute atomic E-state index is 0.0155. The number of hydrogen-bond acceptors (Lipinski definition) is 4. The quantitative estimate of drug-likeness (QED) is 0.671. The second-order valence-corrected chi connectivity index (χ2v) is 4.96. The lowest BCUT2D eigenvalue weighted by Crippen LogP contribution is -2.36. The lowest BCUT2D eigenvalue weighted by molar-refractivity contribution is 0.101. The molecule has 5 heteroatoms. The fourth-order valence-corrected chi connectivity index (χ4v) is 2.41. The largest absolute Gasteiger partial charge is 0.396 e. The van der Waals surface area contributed by atoms with Gasteiger partial charge in [-0.25, -0.2) is 0 Å². The maximum Gasteiger partial charge on any atom is 0.161 e. The normalized spacial score (nSPS) is 16.0. The molecule has 2 rings (SSSR count). The molecule has 0 atom stereocenters. The molecule has 17 heavy (non-hydrogen) atoms. The number of halogens is 1. The van der Waals surface area contributed by atoms with Gasteiger partial charge in [0.05, 0.1) is 24.6 Å². The summed E-state index contributed by atoms with van der Waals surface area (Å²) in [6.07, 6.45) is 0. The first kappa shape index (κ1) is 12.4. The maximum atomic E-state index is 11.5. The first-order chi connectivity index (χ1) is 8.09. The number of nitrogens with zero attached hydrogens (tertiary/aromatic N) is 1. The average Bonchev–Trinajstić information content (AvgIpc) is 2.32. The zero-order chi connectivity index (χ0) is 12.4. The third-order valence-corrected chi connectivity index (χ3v) is 3.31. The Bertz CT molecular complexity index is 442. The standard InChI is InChI=1S/C12H15BrN2O2/c1-8(16)10-6-9(13)7-11(12(10)14)15-2-4-17-5-3-15/h6-7H,2-5,14H2,1H3. The van der Waals surface area contributed by atoms with Crippen molar-refractivity contribution in [3.8, 4) is 0 Å². The molecule has 0 aliphatic carbocycles. The number of carbonyl (C=O) groups is 1. The first-order valence-electron chi connectivity index (χ1n) is 5.52. The van der Waals surface area contributed by atoms with Crippen molar-refractivity contribution in [3.63, 3.8) is 0 Å². The van der Waals surface area contributed by atoms with Crippen LogP contribution in [0.5, 0.6) is 0 Å².